The first-order valence-corrected chi connectivity index (χ1v) is 9.95. The molecule has 1 unspecified atom stereocenters. The van der Waals surface area contributed by atoms with Crippen LogP contribution in [0.3, 0.4) is 0 Å². The van der Waals surface area contributed by atoms with Crippen LogP contribution in [0.25, 0.3) is 0 Å². The molecule has 0 aliphatic heterocycles. The summed E-state index contributed by atoms with van der Waals surface area (Å²) >= 11 is 0. The monoisotopic (exact) mass is 393 g/mol. The number of nitrogens with one attached hydrogen (secondary N) is 1. The Hall–Kier alpha value is -2.85. The van der Waals surface area contributed by atoms with Gasteiger partial charge in [-0.05, 0) is 60.7 Å². The topological polar surface area (TPSA) is 30.5 Å². The maximum absolute atomic E-state index is 13.0. The summed E-state index contributed by atoms with van der Waals surface area (Å²) in [6.07, 6.45) is 2.15. The van der Waals surface area contributed by atoms with Crippen molar-refractivity contribution in [2.45, 2.75) is 39.0 Å². The Morgan fingerprint density at radius 3 is 2.31 bits per heavy atom. The molecule has 0 saturated carbocycles. The van der Waals surface area contributed by atoms with Crippen LogP contribution in [-0.2, 0) is 19.6 Å². The molecule has 0 aromatic heterocycles. The largest absolute Gasteiger partial charge is 0.493 e. The van der Waals surface area contributed by atoms with Gasteiger partial charge in [0.2, 0.25) is 0 Å². The highest BCUT2D eigenvalue weighted by molar-refractivity contribution is 5.43. The Morgan fingerprint density at radius 1 is 0.862 bits per heavy atom. The maximum Gasteiger partial charge on any atom is 0.161 e. The third-order valence-corrected chi connectivity index (χ3v) is 4.90. The molecule has 0 spiro atoms. The van der Waals surface area contributed by atoms with Crippen molar-refractivity contribution >= 4 is 0 Å². The van der Waals surface area contributed by atoms with Crippen LogP contribution in [-0.4, -0.2) is 13.2 Å². The zero-order valence-electron chi connectivity index (χ0n) is 17.0. The summed E-state index contributed by atoms with van der Waals surface area (Å²) in [5.41, 5.74) is 3.42. The minimum absolute atomic E-state index is 0.249. The second kappa shape index (κ2) is 10.6. The summed E-state index contributed by atoms with van der Waals surface area (Å²) in [4.78, 5) is 0. The highest BCUT2D eigenvalue weighted by Crippen LogP contribution is 2.29. The zero-order valence-corrected chi connectivity index (χ0v) is 17.0. The average molecular weight is 394 g/mol. The van der Waals surface area contributed by atoms with Gasteiger partial charge in [-0.25, -0.2) is 4.39 Å². The molecule has 0 heterocycles. The summed E-state index contributed by atoms with van der Waals surface area (Å²) in [6.45, 7) is 3.34. The Bertz CT molecular complexity index is 881. The van der Waals surface area contributed by atoms with Crippen LogP contribution in [0.2, 0.25) is 0 Å². The van der Waals surface area contributed by atoms with E-state index in [-0.39, 0.29) is 5.82 Å². The van der Waals surface area contributed by atoms with Gasteiger partial charge in [0.1, 0.15) is 12.4 Å². The lowest BCUT2D eigenvalue weighted by atomic mass is 10.1. The van der Waals surface area contributed by atoms with Crippen LogP contribution in [0.15, 0.2) is 72.8 Å². The molecule has 0 radical (unpaired) electrons. The van der Waals surface area contributed by atoms with E-state index in [4.69, 9.17) is 9.47 Å². The van der Waals surface area contributed by atoms with Crippen molar-refractivity contribution in [3.05, 3.63) is 95.3 Å². The van der Waals surface area contributed by atoms with Gasteiger partial charge in [0.05, 0.1) is 7.11 Å². The van der Waals surface area contributed by atoms with Crippen LogP contribution >= 0.6 is 0 Å². The van der Waals surface area contributed by atoms with Crippen molar-refractivity contribution in [2.24, 2.45) is 0 Å². The molecular weight excluding hydrogens is 365 g/mol. The molecule has 4 heteroatoms. The molecule has 3 nitrogen and oxygen atoms in total. The second-order valence-electron chi connectivity index (χ2n) is 7.21. The third kappa shape index (κ3) is 6.61. The maximum atomic E-state index is 13.0. The molecule has 152 valence electrons. The molecule has 3 aromatic carbocycles. The van der Waals surface area contributed by atoms with Gasteiger partial charge in [0, 0.05) is 12.6 Å². The molecule has 1 atom stereocenters. The molecule has 0 fully saturated rings. The molecule has 0 amide bonds. The lowest BCUT2D eigenvalue weighted by Gasteiger charge is -2.16. The van der Waals surface area contributed by atoms with E-state index in [1.165, 1.54) is 17.7 Å². The minimum atomic E-state index is -0.249. The van der Waals surface area contributed by atoms with Crippen LogP contribution in [0, 0.1) is 5.82 Å². The number of methoxy groups -OCH3 is 1. The van der Waals surface area contributed by atoms with Gasteiger partial charge in [-0.3, -0.25) is 0 Å². The predicted octanol–water partition coefficient (Wildman–Crippen LogP) is 5.52. The first-order valence-electron chi connectivity index (χ1n) is 9.95. The fourth-order valence-corrected chi connectivity index (χ4v) is 3.10. The van der Waals surface area contributed by atoms with Crippen LogP contribution < -0.4 is 14.8 Å². The normalized spacial score (nSPS) is 11.8. The van der Waals surface area contributed by atoms with E-state index < -0.39 is 0 Å². The van der Waals surface area contributed by atoms with Crippen molar-refractivity contribution in [3.8, 4) is 11.5 Å². The van der Waals surface area contributed by atoms with Gasteiger partial charge in [-0.1, -0.05) is 48.5 Å². The van der Waals surface area contributed by atoms with Crippen molar-refractivity contribution < 1.29 is 13.9 Å². The molecule has 0 aliphatic rings. The summed E-state index contributed by atoms with van der Waals surface area (Å²) < 4.78 is 24.4. The first-order chi connectivity index (χ1) is 14.1. The van der Waals surface area contributed by atoms with E-state index in [2.05, 4.69) is 36.5 Å². The third-order valence-electron chi connectivity index (χ3n) is 4.90. The lowest BCUT2D eigenvalue weighted by molar-refractivity contribution is 0.284. The number of halogens is 1. The highest BCUT2D eigenvalue weighted by Gasteiger charge is 2.08. The van der Waals surface area contributed by atoms with Gasteiger partial charge in [0.25, 0.3) is 0 Å². The number of hydrogen-bond acceptors (Lipinski definition) is 3. The van der Waals surface area contributed by atoms with E-state index in [1.54, 1.807) is 19.2 Å². The molecule has 1 N–H and O–H groups in total. The predicted molar refractivity (Wildman–Crippen MR) is 115 cm³/mol. The number of rotatable bonds is 10. The lowest BCUT2D eigenvalue weighted by Crippen LogP contribution is -2.26. The fourth-order valence-electron chi connectivity index (χ4n) is 3.10. The van der Waals surface area contributed by atoms with Crippen molar-refractivity contribution in [1.29, 1.82) is 0 Å². The van der Waals surface area contributed by atoms with Crippen LogP contribution in [0.5, 0.6) is 11.5 Å². The van der Waals surface area contributed by atoms with E-state index >= 15 is 0 Å². The molecular formula is C25H28FNO2. The number of benzene rings is 3. The van der Waals surface area contributed by atoms with Crippen LogP contribution in [0.1, 0.15) is 30.0 Å². The van der Waals surface area contributed by atoms with E-state index in [0.29, 0.717) is 24.1 Å². The molecule has 0 bridgehead atoms. The van der Waals surface area contributed by atoms with Gasteiger partial charge < -0.3 is 14.8 Å². The summed E-state index contributed by atoms with van der Waals surface area (Å²) in [7, 11) is 1.64. The quantitative estimate of drug-likeness (QED) is 0.492. The molecule has 3 aromatic rings. The van der Waals surface area contributed by atoms with Crippen LogP contribution in [0.4, 0.5) is 4.39 Å². The second-order valence-corrected chi connectivity index (χ2v) is 7.21. The van der Waals surface area contributed by atoms with Gasteiger partial charge >= 0.3 is 0 Å². The van der Waals surface area contributed by atoms with Crippen molar-refractivity contribution in [2.75, 3.05) is 7.11 Å². The standard InChI is InChI=1S/C25H28FNO2/c1-19(8-9-20-6-4-3-5-7-20)27-17-22-12-15-24(25(16-22)28-2)29-18-21-10-13-23(26)14-11-21/h3-7,10-16,19,27H,8-9,17-18H2,1-2H3. The summed E-state index contributed by atoms with van der Waals surface area (Å²) in [5, 5.41) is 3.57. The SMILES string of the molecule is COc1cc(CNC(C)CCc2ccccc2)ccc1OCc1ccc(F)cc1. The fraction of sp³-hybridized carbons (Fsp3) is 0.280. The van der Waals surface area contributed by atoms with Gasteiger partial charge in [0.15, 0.2) is 11.5 Å². The van der Waals surface area contributed by atoms with E-state index in [1.807, 2.05) is 24.3 Å². The molecule has 0 aliphatic carbocycles. The number of ether oxygens (including phenoxy) is 2. The zero-order chi connectivity index (χ0) is 20.5. The summed E-state index contributed by atoms with van der Waals surface area (Å²) in [5.74, 6) is 1.13. The Morgan fingerprint density at radius 2 is 1.59 bits per heavy atom. The highest BCUT2D eigenvalue weighted by atomic mass is 19.1. The molecule has 3 rings (SSSR count). The molecule has 29 heavy (non-hydrogen) atoms. The Balaban J connectivity index is 1.50. The van der Waals surface area contributed by atoms with Gasteiger partial charge in [-0.2, -0.15) is 0 Å². The number of aryl methyl sites for hydroxylation is 1. The molecule has 0 saturated heterocycles. The average Bonchev–Trinajstić information content (AvgIpc) is 2.76. The summed E-state index contributed by atoms with van der Waals surface area (Å²) in [6, 6.07) is 23.2. The smallest absolute Gasteiger partial charge is 0.161 e. The number of hydrogen-bond donors (Lipinski definition) is 1. The Labute approximate surface area is 172 Å². The first kappa shape index (κ1) is 20.9. The van der Waals surface area contributed by atoms with Crippen molar-refractivity contribution in [3.63, 3.8) is 0 Å². The minimum Gasteiger partial charge on any atom is -0.493 e. The van der Waals surface area contributed by atoms with E-state index in [0.717, 1.165) is 30.5 Å². The van der Waals surface area contributed by atoms with Gasteiger partial charge in [-0.15, -0.1) is 0 Å². The van der Waals surface area contributed by atoms with Crippen molar-refractivity contribution in [1.82, 2.24) is 5.32 Å². The van der Waals surface area contributed by atoms with E-state index in [9.17, 15) is 4.39 Å². The Kier molecular flexibility index (Phi) is 7.65.